The second-order valence-corrected chi connectivity index (χ2v) is 7.65. The SMILES string of the molecule is Cc1ccc(-c2noc(CCC(=O)Nc3ccc(N4CCCC4=O)c(Cl)c3)n2)cc1. The fourth-order valence-electron chi connectivity index (χ4n) is 3.33. The quantitative estimate of drug-likeness (QED) is 0.633. The summed E-state index contributed by atoms with van der Waals surface area (Å²) in [6.45, 7) is 2.68. The van der Waals surface area contributed by atoms with Gasteiger partial charge in [0.05, 0.1) is 10.7 Å². The molecule has 1 aromatic heterocycles. The highest BCUT2D eigenvalue weighted by Gasteiger charge is 2.23. The summed E-state index contributed by atoms with van der Waals surface area (Å²) in [6, 6.07) is 13.0. The molecule has 0 saturated carbocycles. The van der Waals surface area contributed by atoms with Crippen LogP contribution in [0.25, 0.3) is 11.4 Å². The highest BCUT2D eigenvalue weighted by molar-refractivity contribution is 6.34. The third-order valence-corrected chi connectivity index (χ3v) is 5.24. The molecule has 1 aliphatic rings. The summed E-state index contributed by atoms with van der Waals surface area (Å²) in [5.74, 6) is 0.787. The van der Waals surface area contributed by atoms with Crippen molar-refractivity contribution in [2.24, 2.45) is 0 Å². The Morgan fingerprint density at radius 2 is 2.03 bits per heavy atom. The number of carbonyl (C=O) groups is 2. The zero-order valence-electron chi connectivity index (χ0n) is 16.5. The lowest BCUT2D eigenvalue weighted by Gasteiger charge is -2.18. The number of rotatable bonds is 6. The first-order valence-electron chi connectivity index (χ1n) is 9.79. The Morgan fingerprint density at radius 1 is 1.23 bits per heavy atom. The Labute approximate surface area is 179 Å². The van der Waals surface area contributed by atoms with Crippen molar-refractivity contribution in [3.05, 3.63) is 58.9 Å². The van der Waals surface area contributed by atoms with E-state index in [0.717, 1.165) is 17.5 Å². The number of aromatic nitrogens is 2. The van der Waals surface area contributed by atoms with Crippen molar-refractivity contribution in [3.8, 4) is 11.4 Å². The molecular weight excluding hydrogens is 404 g/mol. The highest BCUT2D eigenvalue weighted by atomic mass is 35.5. The van der Waals surface area contributed by atoms with Gasteiger partial charge in [0.2, 0.25) is 23.5 Å². The summed E-state index contributed by atoms with van der Waals surface area (Å²) >= 11 is 6.32. The van der Waals surface area contributed by atoms with E-state index < -0.39 is 0 Å². The molecule has 2 amide bonds. The molecule has 2 heterocycles. The van der Waals surface area contributed by atoms with Crippen molar-refractivity contribution >= 4 is 34.8 Å². The summed E-state index contributed by atoms with van der Waals surface area (Å²) in [4.78, 5) is 30.2. The first-order valence-corrected chi connectivity index (χ1v) is 10.2. The number of aryl methyl sites for hydroxylation is 2. The third-order valence-electron chi connectivity index (χ3n) is 4.94. The van der Waals surface area contributed by atoms with E-state index in [9.17, 15) is 9.59 Å². The third kappa shape index (κ3) is 4.52. The lowest BCUT2D eigenvalue weighted by molar-refractivity contribution is -0.117. The minimum absolute atomic E-state index is 0.0678. The Bertz CT molecular complexity index is 1080. The fourth-order valence-corrected chi connectivity index (χ4v) is 3.61. The average molecular weight is 425 g/mol. The molecule has 3 aromatic rings. The molecule has 8 heteroatoms. The molecule has 1 N–H and O–H groups in total. The lowest BCUT2D eigenvalue weighted by Crippen LogP contribution is -2.24. The summed E-state index contributed by atoms with van der Waals surface area (Å²) in [7, 11) is 0. The van der Waals surface area contributed by atoms with Crippen LogP contribution >= 0.6 is 11.6 Å². The van der Waals surface area contributed by atoms with Crippen LogP contribution in [0.3, 0.4) is 0 Å². The Kier molecular flexibility index (Phi) is 5.81. The van der Waals surface area contributed by atoms with E-state index in [-0.39, 0.29) is 18.2 Å². The highest BCUT2D eigenvalue weighted by Crippen LogP contribution is 2.31. The fraction of sp³-hybridized carbons (Fsp3) is 0.273. The number of nitrogens with zero attached hydrogens (tertiary/aromatic N) is 3. The zero-order chi connectivity index (χ0) is 21.1. The first-order chi connectivity index (χ1) is 14.5. The largest absolute Gasteiger partial charge is 0.339 e. The van der Waals surface area contributed by atoms with Crippen molar-refractivity contribution in [1.82, 2.24) is 10.1 Å². The smallest absolute Gasteiger partial charge is 0.227 e. The normalized spacial score (nSPS) is 13.7. The van der Waals surface area contributed by atoms with E-state index in [0.29, 0.717) is 47.5 Å². The monoisotopic (exact) mass is 424 g/mol. The Morgan fingerprint density at radius 3 is 2.73 bits per heavy atom. The minimum Gasteiger partial charge on any atom is -0.339 e. The van der Waals surface area contributed by atoms with Crippen LogP contribution in [0, 0.1) is 6.92 Å². The summed E-state index contributed by atoms with van der Waals surface area (Å²) in [6.07, 6.45) is 1.89. The van der Waals surface area contributed by atoms with Gasteiger partial charge in [0.25, 0.3) is 0 Å². The van der Waals surface area contributed by atoms with Gasteiger partial charge < -0.3 is 14.7 Å². The average Bonchev–Trinajstić information content (AvgIpc) is 3.36. The van der Waals surface area contributed by atoms with Crippen LogP contribution in [0.5, 0.6) is 0 Å². The molecular formula is C22H21ClN4O3. The minimum atomic E-state index is -0.189. The molecule has 0 radical (unpaired) electrons. The predicted octanol–water partition coefficient (Wildman–Crippen LogP) is 4.40. The molecule has 7 nitrogen and oxygen atoms in total. The molecule has 1 saturated heterocycles. The molecule has 0 bridgehead atoms. The molecule has 154 valence electrons. The van der Waals surface area contributed by atoms with Gasteiger partial charge in [-0.05, 0) is 31.5 Å². The van der Waals surface area contributed by atoms with E-state index in [1.54, 1.807) is 23.1 Å². The van der Waals surface area contributed by atoms with Crippen LogP contribution in [-0.4, -0.2) is 28.5 Å². The molecule has 1 aliphatic heterocycles. The molecule has 0 atom stereocenters. The van der Waals surface area contributed by atoms with E-state index in [1.165, 1.54) is 0 Å². The van der Waals surface area contributed by atoms with Crippen molar-refractivity contribution < 1.29 is 14.1 Å². The molecule has 1 fully saturated rings. The van der Waals surface area contributed by atoms with Gasteiger partial charge in [0.1, 0.15) is 0 Å². The zero-order valence-corrected chi connectivity index (χ0v) is 17.3. The van der Waals surface area contributed by atoms with Crippen LogP contribution in [0.2, 0.25) is 5.02 Å². The number of hydrogen-bond acceptors (Lipinski definition) is 5. The number of amides is 2. The molecule has 0 aliphatic carbocycles. The number of anilines is 2. The topological polar surface area (TPSA) is 88.3 Å². The van der Waals surface area contributed by atoms with Gasteiger partial charge in [-0.15, -0.1) is 0 Å². The standard InChI is InChI=1S/C22H21ClN4O3/c1-14-4-6-15(7-5-14)22-25-20(30-26-22)11-10-19(28)24-16-8-9-18(17(23)13-16)27-12-2-3-21(27)29/h4-9,13H,2-3,10-12H2,1H3,(H,24,28). The predicted molar refractivity (Wildman–Crippen MR) is 114 cm³/mol. The number of hydrogen-bond donors (Lipinski definition) is 1. The van der Waals surface area contributed by atoms with E-state index in [4.69, 9.17) is 16.1 Å². The van der Waals surface area contributed by atoms with E-state index in [1.807, 2.05) is 31.2 Å². The van der Waals surface area contributed by atoms with Gasteiger partial charge in [-0.2, -0.15) is 4.98 Å². The van der Waals surface area contributed by atoms with Gasteiger partial charge in [0.15, 0.2) is 0 Å². The van der Waals surface area contributed by atoms with Crippen LogP contribution in [0.15, 0.2) is 47.0 Å². The van der Waals surface area contributed by atoms with Crippen molar-refractivity contribution in [1.29, 1.82) is 0 Å². The number of nitrogens with one attached hydrogen (secondary N) is 1. The van der Waals surface area contributed by atoms with Crippen molar-refractivity contribution in [3.63, 3.8) is 0 Å². The number of benzene rings is 2. The summed E-state index contributed by atoms with van der Waals surface area (Å²) in [5, 5.41) is 7.22. The van der Waals surface area contributed by atoms with Crippen LogP contribution in [0.4, 0.5) is 11.4 Å². The maximum Gasteiger partial charge on any atom is 0.227 e. The summed E-state index contributed by atoms with van der Waals surface area (Å²) < 4.78 is 5.25. The van der Waals surface area contributed by atoms with Gasteiger partial charge in [-0.25, -0.2) is 0 Å². The van der Waals surface area contributed by atoms with Crippen molar-refractivity contribution in [2.75, 3.05) is 16.8 Å². The Hall–Kier alpha value is -3.19. The van der Waals surface area contributed by atoms with Gasteiger partial charge >= 0.3 is 0 Å². The van der Waals surface area contributed by atoms with Crippen LogP contribution in [0.1, 0.15) is 30.7 Å². The lowest BCUT2D eigenvalue weighted by atomic mass is 10.1. The maximum absolute atomic E-state index is 12.3. The second kappa shape index (κ2) is 8.67. The first kappa shape index (κ1) is 20.1. The molecule has 4 rings (SSSR count). The number of halogens is 1. The second-order valence-electron chi connectivity index (χ2n) is 7.24. The van der Waals surface area contributed by atoms with E-state index in [2.05, 4.69) is 15.5 Å². The van der Waals surface area contributed by atoms with Gasteiger partial charge in [-0.3, -0.25) is 9.59 Å². The number of carbonyl (C=O) groups excluding carboxylic acids is 2. The summed E-state index contributed by atoms with van der Waals surface area (Å²) in [5.41, 5.74) is 3.27. The maximum atomic E-state index is 12.3. The van der Waals surface area contributed by atoms with Crippen LogP contribution < -0.4 is 10.2 Å². The van der Waals surface area contributed by atoms with E-state index >= 15 is 0 Å². The molecule has 30 heavy (non-hydrogen) atoms. The van der Waals surface area contributed by atoms with Gasteiger partial charge in [-0.1, -0.05) is 46.6 Å². The van der Waals surface area contributed by atoms with Gasteiger partial charge in [0, 0.05) is 37.1 Å². The van der Waals surface area contributed by atoms with Crippen LogP contribution in [-0.2, 0) is 16.0 Å². The molecule has 0 unspecified atom stereocenters. The van der Waals surface area contributed by atoms with Crippen molar-refractivity contribution in [2.45, 2.75) is 32.6 Å². The molecule has 0 spiro atoms. The molecule has 2 aromatic carbocycles. The Balaban J connectivity index is 1.33.